The molecule has 0 saturated carbocycles. The van der Waals surface area contributed by atoms with Crippen LogP contribution in [-0.2, 0) is 12.7 Å². The van der Waals surface area contributed by atoms with E-state index in [1.54, 1.807) is 0 Å². The van der Waals surface area contributed by atoms with Crippen molar-refractivity contribution < 1.29 is 13.2 Å². The molecule has 1 heterocycles. The Balaban J connectivity index is 2.27. The second kappa shape index (κ2) is 6.14. The minimum absolute atomic E-state index is 0.0649. The Labute approximate surface area is 127 Å². The number of nitrogens with zero attached hydrogens (tertiary/aromatic N) is 2. The van der Waals surface area contributed by atoms with Crippen LogP contribution in [0.3, 0.4) is 0 Å². The number of pyridine rings is 1. The first-order valence-corrected chi connectivity index (χ1v) is 6.66. The van der Waals surface area contributed by atoms with Gasteiger partial charge in [-0.3, -0.25) is 0 Å². The number of benzene rings is 1. The number of aromatic nitrogens is 1. The fourth-order valence-electron chi connectivity index (χ4n) is 1.66. The van der Waals surface area contributed by atoms with Crippen LogP contribution in [0.5, 0.6) is 0 Å². The summed E-state index contributed by atoms with van der Waals surface area (Å²) in [6.45, 7) is 0.254. The molecule has 0 radical (unpaired) electrons. The summed E-state index contributed by atoms with van der Waals surface area (Å²) in [4.78, 5) is 3.49. The third kappa shape index (κ3) is 3.73. The van der Waals surface area contributed by atoms with Crippen LogP contribution in [0, 0.1) is 11.3 Å². The van der Waals surface area contributed by atoms with Crippen molar-refractivity contribution in [1.82, 2.24) is 4.98 Å². The molecule has 0 atom stereocenters. The van der Waals surface area contributed by atoms with Crippen LogP contribution < -0.4 is 5.32 Å². The van der Waals surface area contributed by atoms with Crippen molar-refractivity contribution in [1.29, 1.82) is 5.26 Å². The molecule has 108 valence electrons. The minimum atomic E-state index is -4.54. The predicted molar refractivity (Wildman–Crippen MR) is 75.4 cm³/mol. The van der Waals surface area contributed by atoms with Gasteiger partial charge in [-0.2, -0.15) is 18.4 Å². The number of anilines is 1. The molecule has 21 heavy (non-hydrogen) atoms. The van der Waals surface area contributed by atoms with E-state index in [0.29, 0.717) is 0 Å². The van der Waals surface area contributed by atoms with Crippen molar-refractivity contribution in [2.75, 3.05) is 5.32 Å². The van der Waals surface area contributed by atoms with E-state index in [-0.39, 0.29) is 17.9 Å². The van der Waals surface area contributed by atoms with E-state index in [1.807, 2.05) is 30.3 Å². The van der Waals surface area contributed by atoms with Crippen molar-refractivity contribution >= 4 is 21.7 Å². The van der Waals surface area contributed by atoms with Crippen molar-refractivity contribution in [3.63, 3.8) is 0 Å². The lowest BCUT2D eigenvalue weighted by atomic mass is 10.2. The monoisotopic (exact) mass is 355 g/mol. The van der Waals surface area contributed by atoms with Crippen LogP contribution in [-0.4, -0.2) is 4.98 Å². The van der Waals surface area contributed by atoms with E-state index in [9.17, 15) is 13.2 Å². The minimum Gasteiger partial charge on any atom is -0.365 e. The van der Waals surface area contributed by atoms with Crippen LogP contribution in [0.4, 0.5) is 19.0 Å². The normalized spacial score (nSPS) is 11.0. The van der Waals surface area contributed by atoms with Crippen LogP contribution in [0.25, 0.3) is 0 Å². The summed E-state index contributed by atoms with van der Waals surface area (Å²) in [5.41, 5.74) is -0.119. The maximum atomic E-state index is 12.7. The fourth-order valence-corrected chi connectivity index (χ4v) is 2.09. The van der Waals surface area contributed by atoms with Gasteiger partial charge >= 0.3 is 6.18 Å². The van der Waals surface area contributed by atoms with Crippen LogP contribution in [0.2, 0.25) is 0 Å². The van der Waals surface area contributed by atoms with Gasteiger partial charge in [0.25, 0.3) is 0 Å². The molecule has 0 fully saturated rings. The summed E-state index contributed by atoms with van der Waals surface area (Å²) in [6, 6.07) is 11.0. The highest BCUT2D eigenvalue weighted by Gasteiger charge is 2.33. The topological polar surface area (TPSA) is 48.7 Å². The number of hydrogen-bond acceptors (Lipinski definition) is 3. The average molecular weight is 356 g/mol. The number of hydrogen-bond donors (Lipinski definition) is 1. The summed E-state index contributed by atoms with van der Waals surface area (Å²) < 4.78 is 38.8. The van der Waals surface area contributed by atoms with Crippen molar-refractivity contribution in [3.05, 3.63) is 57.7 Å². The van der Waals surface area contributed by atoms with Crippen LogP contribution in [0.1, 0.15) is 16.8 Å². The largest absolute Gasteiger partial charge is 0.433 e. The molecule has 0 spiro atoms. The summed E-state index contributed by atoms with van der Waals surface area (Å²) in [6.07, 6.45) is -4.54. The molecule has 0 saturated heterocycles. The van der Waals surface area contributed by atoms with E-state index in [0.717, 1.165) is 22.2 Å². The average Bonchev–Trinajstić information content (AvgIpc) is 2.45. The van der Waals surface area contributed by atoms with Gasteiger partial charge in [-0.05, 0) is 23.8 Å². The van der Waals surface area contributed by atoms with Gasteiger partial charge in [0.05, 0.1) is 5.56 Å². The van der Waals surface area contributed by atoms with Gasteiger partial charge < -0.3 is 5.32 Å². The zero-order chi connectivity index (χ0) is 15.5. The van der Waals surface area contributed by atoms with E-state index < -0.39 is 11.9 Å². The standard InChI is InChI=1S/C14H9BrF3N3/c15-11-4-2-1-3-10(11)8-20-13-9(7-19)5-6-12(21-13)14(16,17)18/h1-6H,8H2,(H,20,21). The van der Waals surface area contributed by atoms with Gasteiger partial charge in [-0.1, -0.05) is 34.1 Å². The van der Waals surface area contributed by atoms with Gasteiger partial charge in [0.15, 0.2) is 0 Å². The molecule has 1 aromatic heterocycles. The molecule has 2 rings (SSSR count). The first-order valence-electron chi connectivity index (χ1n) is 5.87. The Hall–Kier alpha value is -2.07. The summed E-state index contributed by atoms with van der Waals surface area (Å²) in [5.74, 6) is -0.0805. The molecule has 7 heteroatoms. The van der Waals surface area contributed by atoms with Crippen molar-refractivity contribution in [2.24, 2.45) is 0 Å². The van der Waals surface area contributed by atoms with Crippen molar-refractivity contribution in [3.8, 4) is 6.07 Å². The molecule has 0 bridgehead atoms. The molecule has 3 nitrogen and oxygen atoms in total. The molecule has 0 aliphatic rings. The highest BCUT2D eigenvalue weighted by Crippen LogP contribution is 2.29. The second-order valence-corrected chi connectivity index (χ2v) is 5.00. The molecular formula is C14H9BrF3N3. The van der Waals surface area contributed by atoms with Gasteiger partial charge in [0.2, 0.25) is 0 Å². The zero-order valence-electron chi connectivity index (χ0n) is 10.6. The Bertz CT molecular complexity index is 693. The summed E-state index contributed by atoms with van der Waals surface area (Å²) >= 11 is 3.35. The predicted octanol–water partition coefficient (Wildman–Crippen LogP) is 4.35. The lowest BCUT2D eigenvalue weighted by Crippen LogP contribution is -2.11. The van der Waals surface area contributed by atoms with E-state index in [1.165, 1.54) is 0 Å². The molecule has 1 N–H and O–H groups in total. The van der Waals surface area contributed by atoms with Crippen LogP contribution >= 0.6 is 15.9 Å². The van der Waals surface area contributed by atoms with E-state index in [2.05, 4.69) is 26.2 Å². The maximum absolute atomic E-state index is 12.7. The SMILES string of the molecule is N#Cc1ccc(C(F)(F)F)nc1NCc1ccccc1Br. The zero-order valence-corrected chi connectivity index (χ0v) is 12.2. The Kier molecular flexibility index (Phi) is 4.48. The van der Waals surface area contributed by atoms with Crippen molar-refractivity contribution in [2.45, 2.75) is 12.7 Å². The van der Waals surface area contributed by atoms with Gasteiger partial charge in [0, 0.05) is 11.0 Å². The quantitative estimate of drug-likeness (QED) is 0.890. The summed E-state index contributed by atoms with van der Waals surface area (Å²) in [5, 5.41) is 11.7. The molecule has 0 aliphatic carbocycles. The molecule has 2 aromatic rings. The maximum Gasteiger partial charge on any atom is 0.433 e. The number of nitrogens with one attached hydrogen (secondary N) is 1. The first kappa shape index (κ1) is 15.3. The fraction of sp³-hybridized carbons (Fsp3) is 0.143. The molecule has 1 aromatic carbocycles. The van der Waals surface area contributed by atoms with E-state index >= 15 is 0 Å². The van der Waals surface area contributed by atoms with Gasteiger partial charge in [0.1, 0.15) is 17.6 Å². The highest BCUT2D eigenvalue weighted by atomic mass is 79.9. The highest BCUT2D eigenvalue weighted by molar-refractivity contribution is 9.10. The number of halogens is 4. The third-order valence-electron chi connectivity index (χ3n) is 2.71. The van der Waals surface area contributed by atoms with Gasteiger partial charge in [-0.15, -0.1) is 0 Å². The Morgan fingerprint density at radius 2 is 1.90 bits per heavy atom. The van der Waals surface area contributed by atoms with E-state index in [4.69, 9.17) is 5.26 Å². The smallest absolute Gasteiger partial charge is 0.365 e. The second-order valence-electron chi connectivity index (χ2n) is 4.15. The summed E-state index contributed by atoms with van der Waals surface area (Å²) in [7, 11) is 0. The number of alkyl halides is 3. The Morgan fingerprint density at radius 1 is 1.19 bits per heavy atom. The number of nitriles is 1. The molecule has 0 aliphatic heterocycles. The van der Waals surface area contributed by atoms with Gasteiger partial charge in [-0.25, -0.2) is 4.98 Å². The molecular weight excluding hydrogens is 347 g/mol. The first-order chi connectivity index (χ1) is 9.91. The lowest BCUT2D eigenvalue weighted by molar-refractivity contribution is -0.141. The Morgan fingerprint density at radius 3 is 2.52 bits per heavy atom. The molecule has 0 unspecified atom stereocenters. The van der Waals surface area contributed by atoms with Crippen LogP contribution in [0.15, 0.2) is 40.9 Å². The third-order valence-corrected chi connectivity index (χ3v) is 3.48. The lowest BCUT2D eigenvalue weighted by Gasteiger charge is -2.11. The molecule has 0 amide bonds. The number of rotatable bonds is 3.